The molecule has 0 saturated heterocycles. The van der Waals surface area contributed by atoms with E-state index in [0.717, 1.165) is 5.56 Å². The van der Waals surface area contributed by atoms with Gasteiger partial charge in [-0.15, -0.1) is 13.2 Å². The second-order valence-electron chi connectivity index (χ2n) is 4.01. The molecule has 0 fully saturated rings. The number of benzene rings is 2. The molecule has 6 heteroatoms. The van der Waals surface area contributed by atoms with E-state index in [9.17, 15) is 17.6 Å². The molecule has 106 valence electrons. The Balaban J connectivity index is 2.33. The maximum atomic E-state index is 13.3. The van der Waals surface area contributed by atoms with Crippen LogP contribution in [0.2, 0.25) is 0 Å². The highest BCUT2D eigenvalue weighted by molar-refractivity contribution is 9.08. The molecule has 0 radical (unpaired) electrons. The van der Waals surface area contributed by atoms with Gasteiger partial charge in [0.05, 0.1) is 0 Å². The predicted octanol–water partition coefficient (Wildman–Crippen LogP) is 5.29. The summed E-state index contributed by atoms with van der Waals surface area (Å²) in [4.78, 5) is 0. The fraction of sp³-hybridized carbons (Fsp3) is 0.143. The SMILES string of the molecule is Fc1ccc(CBr)c(-c2ccc(OC(F)(F)F)cc2)c1. The van der Waals surface area contributed by atoms with Gasteiger partial charge in [0, 0.05) is 5.33 Å². The van der Waals surface area contributed by atoms with Crippen molar-refractivity contribution < 1.29 is 22.3 Å². The van der Waals surface area contributed by atoms with Gasteiger partial charge in [-0.25, -0.2) is 4.39 Å². The molecule has 2 rings (SSSR count). The van der Waals surface area contributed by atoms with Crippen molar-refractivity contribution in [2.24, 2.45) is 0 Å². The molecule has 0 spiro atoms. The standard InChI is InChI=1S/C14H9BrF4O/c15-8-10-1-4-11(16)7-13(10)9-2-5-12(6-3-9)20-14(17,18)19/h1-7H,8H2. The molecule has 0 aromatic heterocycles. The van der Waals surface area contributed by atoms with Crippen molar-refractivity contribution in [3.05, 3.63) is 53.8 Å². The predicted molar refractivity (Wildman–Crippen MR) is 71.2 cm³/mol. The van der Waals surface area contributed by atoms with Crippen LogP contribution in [0.3, 0.4) is 0 Å². The molecule has 0 unspecified atom stereocenters. The van der Waals surface area contributed by atoms with Crippen LogP contribution in [0.25, 0.3) is 11.1 Å². The molecule has 20 heavy (non-hydrogen) atoms. The van der Waals surface area contributed by atoms with E-state index in [-0.39, 0.29) is 5.75 Å². The Morgan fingerprint density at radius 1 is 1.00 bits per heavy atom. The molecule has 1 nitrogen and oxygen atoms in total. The molecule has 0 atom stereocenters. The smallest absolute Gasteiger partial charge is 0.406 e. The van der Waals surface area contributed by atoms with Crippen LogP contribution in [0.5, 0.6) is 5.75 Å². The Labute approximate surface area is 121 Å². The highest BCUT2D eigenvalue weighted by Crippen LogP contribution is 2.29. The topological polar surface area (TPSA) is 9.23 Å². The lowest BCUT2D eigenvalue weighted by atomic mass is 10.0. The van der Waals surface area contributed by atoms with Gasteiger partial charge in [-0.2, -0.15) is 0 Å². The minimum absolute atomic E-state index is 0.307. The Kier molecular flexibility index (Phi) is 4.32. The molecule has 0 amide bonds. The summed E-state index contributed by atoms with van der Waals surface area (Å²) in [7, 11) is 0. The lowest BCUT2D eigenvalue weighted by Gasteiger charge is -2.11. The van der Waals surface area contributed by atoms with Crippen LogP contribution >= 0.6 is 15.9 Å². The third kappa shape index (κ3) is 3.72. The zero-order valence-corrected chi connectivity index (χ0v) is 11.6. The van der Waals surface area contributed by atoms with Gasteiger partial charge >= 0.3 is 6.36 Å². The third-order valence-corrected chi connectivity index (χ3v) is 3.22. The number of alkyl halides is 4. The first-order valence-electron chi connectivity index (χ1n) is 5.59. The van der Waals surface area contributed by atoms with Crippen LogP contribution in [0.1, 0.15) is 5.56 Å². The van der Waals surface area contributed by atoms with E-state index >= 15 is 0 Å². The van der Waals surface area contributed by atoms with E-state index in [0.29, 0.717) is 16.5 Å². The van der Waals surface area contributed by atoms with Crippen molar-refractivity contribution in [3.8, 4) is 16.9 Å². The third-order valence-electron chi connectivity index (χ3n) is 2.61. The van der Waals surface area contributed by atoms with E-state index in [2.05, 4.69) is 20.7 Å². The summed E-state index contributed by atoms with van der Waals surface area (Å²) in [5.74, 6) is -0.710. The maximum Gasteiger partial charge on any atom is 0.573 e. The first-order chi connectivity index (χ1) is 9.39. The molecule has 2 aromatic carbocycles. The van der Waals surface area contributed by atoms with Crippen molar-refractivity contribution in [1.82, 2.24) is 0 Å². The van der Waals surface area contributed by atoms with E-state index in [1.807, 2.05) is 0 Å². The van der Waals surface area contributed by atoms with Gasteiger partial charge in [0.15, 0.2) is 0 Å². The van der Waals surface area contributed by atoms with Crippen LogP contribution in [-0.2, 0) is 5.33 Å². The Morgan fingerprint density at radius 3 is 2.20 bits per heavy atom. The fourth-order valence-electron chi connectivity index (χ4n) is 1.77. The Hall–Kier alpha value is -1.56. The second kappa shape index (κ2) is 5.83. The summed E-state index contributed by atoms with van der Waals surface area (Å²) < 4.78 is 53.2. The molecular formula is C14H9BrF4O. The minimum atomic E-state index is -4.72. The number of ether oxygens (including phenoxy) is 1. The van der Waals surface area contributed by atoms with Gasteiger partial charge in [0.1, 0.15) is 11.6 Å². The van der Waals surface area contributed by atoms with Gasteiger partial charge in [-0.1, -0.05) is 34.1 Å². The van der Waals surface area contributed by atoms with Crippen LogP contribution in [0.4, 0.5) is 17.6 Å². The monoisotopic (exact) mass is 348 g/mol. The molecule has 0 bridgehead atoms. The van der Waals surface area contributed by atoms with E-state index in [1.54, 1.807) is 6.07 Å². The highest BCUT2D eigenvalue weighted by atomic mass is 79.9. The molecule has 0 aliphatic carbocycles. The lowest BCUT2D eigenvalue weighted by molar-refractivity contribution is -0.274. The van der Waals surface area contributed by atoms with Crippen molar-refractivity contribution >= 4 is 15.9 Å². The fourth-order valence-corrected chi connectivity index (χ4v) is 2.26. The van der Waals surface area contributed by atoms with Crippen molar-refractivity contribution in [2.45, 2.75) is 11.7 Å². The zero-order chi connectivity index (χ0) is 14.8. The van der Waals surface area contributed by atoms with E-state index in [4.69, 9.17) is 0 Å². The van der Waals surface area contributed by atoms with E-state index in [1.165, 1.54) is 36.4 Å². The molecule has 2 aromatic rings. The molecular weight excluding hydrogens is 340 g/mol. The average Bonchev–Trinajstić information content (AvgIpc) is 2.38. The minimum Gasteiger partial charge on any atom is -0.406 e. The van der Waals surface area contributed by atoms with Crippen LogP contribution in [0.15, 0.2) is 42.5 Å². The quantitative estimate of drug-likeness (QED) is 0.541. The molecule has 0 N–H and O–H groups in total. The largest absolute Gasteiger partial charge is 0.573 e. The van der Waals surface area contributed by atoms with E-state index < -0.39 is 12.2 Å². The van der Waals surface area contributed by atoms with Crippen molar-refractivity contribution in [2.75, 3.05) is 0 Å². The van der Waals surface area contributed by atoms with Crippen molar-refractivity contribution in [3.63, 3.8) is 0 Å². The second-order valence-corrected chi connectivity index (χ2v) is 4.57. The Bertz CT molecular complexity index is 593. The molecule has 0 aliphatic heterocycles. The summed E-state index contributed by atoms with van der Waals surface area (Å²) in [5, 5.41) is 0.517. The molecule has 0 aliphatic rings. The number of hydrogen-bond donors (Lipinski definition) is 0. The lowest BCUT2D eigenvalue weighted by Crippen LogP contribution is -2.16. The first kappa shape index (κ1) is 14.8. The molecule has 0 heterocycles. The summed E-state index contributed by atoms with van der Waals surface area (Å²) in [6.45, 7) is 0. The Morgan fingerprint density at radius 2 is 1.65 bits per heavy atom. The summed E-state index contributed by atoms with van der Waals surface area (Å²) in [5.41, 5.74) is 2.09. The highest BCUT2D eigenvalue weighted by Gasteiger charge is 2.30. The first-order valence-corrected chi connectivity index (χ1v) is 6.72. The van der Waals surface area contributed by atoms with Gasteiger partial charge < -0.3 is 4.74 Å². The van der Waals surface area contributed by atoms with Crippen LogP contribution < -0.4 is 4.74 Å². The number of hydrogen-bond acceptors (Lipinski definition) is 1. The van der Waals surface area contributed by atoms with Gasteiger partial charge in [-0.05, 0) is 41.0 Å². The maximum absolute atomic E-state index is 13.3. The summed E-state index contributed by atoms with van der Waals surface area (Å²) in [6.07, 6.45) is -4.72. The van der Waals surface area contributed by atoms with Crippen LogP contribution in [0, 0.1) is 5.82 Å². The van der Waals surface area contributed by atoms with Crippen LogP contribution in [-0.4, -0.2) is 6.36 Å². The summed E-state index contributed by atoms with van der Waals surface area (Å²) in [6, 6.07) is 9.62. The average molecular weight is 349 g/mol. The zero-order valence-electron chi connectivity index (χ0n) is 10.0. The number of halogens is 5. The van der Waals surface area contributed by atoms with Gasteiger partial charge in [0.2, 0.25) is 0 Å². The number of rotatable bonds is 3. The normalized spacial score (nSPS) is 11.4. The summed E-state index contributed by atoms with van der Waals surface area (Å²) >= 11 is 3.29. The van der Waals surface area contributed by atoms with Gasteiger partial charge in [0.25, 0.3) is 0 Å². The van der Waals surface area contributed by atoms with Crippen molar-refractivity contribution in [1.29, 1.82) is 0 Å². The molecule has 0 saturated carbocycles. The van der Waals surface area contributed by atoms with Gasteiger partial charge in [-0.3, -0.25) is 0 Å².